The standard InChI is InChI=1S/C23H25N3O3/c1-16-6-4-5-7-19(16)26-23(27)18-9-11-22(25-15-18)24-13-12-17-8-10-20(28-2)21(14-17)29-3/h4-11,14-15H,12-13H2,1-3H3,(H,24,25)(H,26,27). The van der Waals surface area contributed by atoms with Gasteiger partial charge in [0.15, 0.2) is 11.5 Å². The Morgan fingerprint density at radius 3 is 2.48 bits per heavy atom. The summed E-state index contributed by atoms with van der Waals surface area (Å²) in [6.07, 6.45) is 2.38. The first-order valence-electron chi connectivity index (χ1n) is 9.38. The Morgan fingerprint density at radius 2 is 1.79 bits per heavy atom. The Bertz CT molecular complexity index is 971. The van der Waals surface area contributed by atoms with Gasteiger partial charge in [-0.15, -0.1) is 0 Å². The number of hydrogen-bond acceptors (Lipinski definition) is 5. The van der Waals surface area contributed by atoms with Crippen molar-refractivity contribution in [2.24, 2.45) is 0 Å². The molecule has 0 radical (unpaired) electrons. The Kier molecular flexibility index (Phi) is 6.68. The summed E-state index contributed by atoms with van der Waals surface area (Å²) in [5, 5.41) is 6.18. The maximum atomic E-state index is 12.4. The van der Waals surface area contributed by atoms with Gasteiger partial charge >= 0.3 is 0 Å². The zero-order valence-electron chi connectivity index (χ0n) is 16.9. The summed E-state index contributed by atoms with van der Waals surface area (Å²) in [7, 11) is 3.25. The summed E-state index contributed by atoms with van der Waals surface area (Å²) in [5.74, 6) is 1.97. The topological polar surface area (TPSA) is 72.5 Å². The monoisotopic (exact) mass is 391 g/mol. The summed E-state index contributed by atoms with van der Waals surface area (Å²) in [6, 6.07) is 17.1. The molecule has 1 amide bonds. The molecule has 6 nitrogen and oxygen atoms in total. The highest BCUT2D eigenvalue weighted by Crippen LogP contribution is 2.27. The Balaban J connectivity index is 1.54. The van der Waals surface area contributed by atoms with Crippen molar-refractivity contribution in [3.63, 3.8) is 0 Å². The van der Waals surface area contributed by atoms with Gasteiger partial charge in [-0.25, -0.2) is 4.98 Å². The predicted octanol–water partition coefficient (Wildman–Crippen LogP) is 4.31. The van der Waals surface area contributed by atoms with Crippen LogP contribution in [0.2, 0.25) is 0 Å². The molecule has 0 atom stereocenters. The molecule has 0 bridgehead atoms. The van der Waals surface area contributed by atoms with E-state index in [-0.39, 0.29) is 5.91 Å². The second kappa shape index (κ2) is 9.59. The molecule has 0 saturated carbocycles. The van der Waals surface area contributed by atoms with Gasteiger partial charge in [-0.3, -0.25) is 4.79 Å². The van der Waals surface area contributed by atoms with Crippen molar-refractivity contribution in [2.45, 2.75) is 13.3 Å². The van der Waals surface area contributed by atoms with Gasteiger partial charge in [-0.1, -0.05) is 24.3 Å². The van der Waals surface area contributed by atoms with Crippen LogP contribution in [0.4, 0.5) is 11.5 Å². The maximum absolute atomic E-state index is 12.4. The van der Waals surface area contributed by atoms with Crippen molar-refractivity contribution in [2.75, 3.05) is 31.4 Å². The lowest BCUT2D eigenvalue weighted by Gasteiger charge is -2.11. The number of ether oxygens (including phenoxy) is 2. The first-order valence-corrected chi connectivity index (χ1v) is 9.38. The number of hydrogen-bond donors (Lipinski definition) is 2. The third kappa shape index (κ3) is 5.25. The average molecular weight is 391 g/mol. The number of pyridine rings is 1. The molecule has 0 aliphatic carbocycles. The molecule has 3 rings (SSSR count). The van der Waals surface area contributed by atoms with Crippen molar-refractivity contribution in [3.8, 4) is 11.5 Å². The van der Waals surface area contributed by atoms with Gasteiger partial charge in [0.05, 0.1) is 19.8 Å². The van der Waals surface area contributed by atoms with Gasteiger partial charge in [0.25, 0.3) is 5.91 Å². The zero-order valence-corrected chi connectivity index (χ0v) is 16.9. The van der Waals surface area contributed by atoms with Crippen LogP contribution in [-0.2, 0) is 6.42 Å². The summed E-state index contributed by atoms with van der Waals surface area (Å²) < 4.78 is 10.6. The Morgan fingerprint density at radius 1 is 1.00 bits per heavy atom. The molecule has 29 heavy (non-hydrogen) atoms. The van der Waals surface area contributed by atoms with Gasteiger partial charge in [0, 0.05) is 18.4 Å². The van der Waals surface area contributed by atoms with E-state index in [0.29, 0.717) is 23.6 Å². The first-order chi connectivity index (χ1) is 14.1. The number of carbonyl (C=O) groups is 1. The number of nitrogens with one attached hydrogen (secondary N) is 2. The minimum absolute atomic E-state index is 0.177. The van der Waals surface area contributed by atoms with Crippen LogP contribution in [0, 0.1) is 6.92 Å². The van der Waals surface area contributed by atoms with E-state index in [1.165, 1.54) is 0 Å². The molecule has 1 aromatic heterocycles. The lowest BCUT2D eigenvalue weighted by atomic mass is 10.1. The van der Waals surface area contributed by atoms with Crippen LogP contribution in [-0.4, -0.2) is 31.7 Å². The molecule has 0 unspecified atom stereocenters. The molecule has 2 N–H and O–H groups in total. The minimum atomic E-state index is -0.177. The van der Waals surface area contributed by atoms with Gasteiger partial charge in [-0.05, 0) is 54.8 Å². The fourth-order valence-electron chi connectivity index (χ4n) is 2.91. The molecule has 3 aromatic rings. The van der Waals surface area contributed by atoms with Gasteiger partial charge in [0.1, 0.15) is 5.82 Å². The summed E-state index contributed by atoms with van der Waals surface area (Å²) in [5.41, 5.74) is 3.46. The summed E-state index contributed by atoms with van der Waals surface area (Å²) >= 11 is 0. The lowest BCUT2D eigenvalue weighted by molar-refractivity contribution is 0.102. The quantitative estimate of drug-likeness (QED) is 0.598. The largest absolute Gasteiger partial charge is 0.493 e. The van der Waals surface area contributed by atoms with E-state index >= 15 is 0 Å². The first kappa shape index (κ1) is 20.2. The number of para-hydroxylation sites is 1. The molecule has 0 saturated heterocycles. The maximum Gasteiger partial charge on any atom is 0.257 e. The molecule has 0 aliphatic heterocycles. The van der Waals surface area contributed by atoms with Crippen LogP contribution in [0.15, 0.2) is 60.8 Å². The Hall–Kier alpha value is -3.54. The smallest absolute Gasteiger partial charge is 0.257 e. The fourth-order valence-corrected chi connectivity index (χ4v) is 2.91. The number of amides is 1. The minimum Gasteiger partial charge on any atom is -0.493 e. The van der Waals surface area contributed by atoms with E-state index in [4.69, 9.17) is 9.47 Å². The van der Waals surface area contributed by atoms with E-state index in [1.807, 2.05) is 49.4 Å². The normalized spacial score (nSPS) is 10.3. The molecular weight excluding hydrogens is 366 g/mol. The molecule has 2 aromatic carbocycles. The highest BCUT2D eigenvalue weighted by molar-refractivity contribution is 6.04. The number of rotatable bonds is 8. The number of aryl methyl sites for hydroxylation is 1. The second-order valence-electron chi connectivity index (χ2n) is 6.57. The van der Waals surface area contributed by atoms with Crippen LogP contribution >= 0.6 is 0 Å². The molecule has 1 heterocycles. The highest BCUT2D eigenvalue weighted by atomic mass is 16.5. The molecule has 0 fully saturated rings. The number of methoxy groups -OCH3 is 2. The predicted molar refractivity (Wildman–Crippen MR) is 115 cm³/mol. The van der Waals surface area contributed by atoms with Crippen molar-refractivity contribution < 1.29 is 14.3 Å². The second-order valence-corrected chi connectivity index (χ2v) is 6.57. The number of aromatic nitrogens is 1. The number of benzene rings is 2. The van der Waals surface area contributed by atoms with E-state index in [0.717, 1.165) is 29.1 Å². The van der Waals surface area contributed by atoms with Gasteiger partial charge in [-0.2, -0.15) is 0 Å². The van der Waals surface area contributed by atoms with E-state index < -0.39 is 0 Å². The average Bonchev–Trinajstić information content (AvgIpc) is 2.75. The lowest BCUT2D eigenvalue weighted by Crippen LogP contribution is -2.13. The van der Waals surface area contributed by atoms with Crippen LogP contribution in [0.25, 0.3) is 0 Å². The summed E-state index contributed by atoms with van der Waals surface area (Å²) in [6.45, 7) is 2.66. The van der Waals surface area contributed by atoms with Crippen LogP contribution in [0.3, 0.4) is 0 Å². The highest BCUT2D eigenvalue weighted by Gasteiger charge is 2.08. The molecule has 0 aliphatic rings. The SMILES string of the molecule is COc1ccc(CCNc2ccc(C(=O)Nc3ccccc3C)cn2)cc1OC. The van der Waals surface area contributed by atoms with Crippen molar-refractivity contribution in [1.82, 2.24) is 4.98 Å². The van der Waals surface area contributed by atoms with Gasteiger partial charge in [0.2, 0.25) is 0 Å². The van der Waals surface area contributed by atoms with Crippen molar-refractivity contribution in [1.29, 1.82) is 0 Å². The van der Waals surface area contributed by atoms with E-state index in [9.17, 15) is 4.79 Å². The zero-order chi connectivity index (χ0) is 20.6. The van der Waals surface area contributed by atoms with Crippen molar-refractivity contribution in [3.05, 3.63) is 77.5 Å². The summed E-state index contributed by atoms with van der Waals surface area (Å²) in [4.78, 5) is 16.7. The van der Waals surface area contributed by atoms with E-state index in [2.05, 4.69) is 15.6 Å². The third-order valence-electron chi connectivity index (χ3n) is 4.59. The molecule has 0 spiro atoms. The molecular formula is C23H25N3O3. The Labute approximate surface area is 170 Å². The third-order valence-corrected chi connectivity index (χ3v) is 4.59. The number of anilines is 2. The van der Waals surface area contributed by atoms with Crippen LogP contribution < -0.4 is 20.1 Å². The van der Waals surface area contributed by atoms with Crippen LogP contribution in [0.5, 0.6) is 11.5 Å². The molecule has 150 valence electrons. The molecule has 6 heteroatoms. The van der Waals surface area contributed by atoms with Crippen LogP contribution in [0.1, 0.15) is 21.5 Å². The number of carbonyl (C=O) groups excluding carboxylic acids is 1. The number of nitrogens with zero attached hydrogens (tertiary/aromatic N) is 1. The van der Waals surface area contributed by atoms with Gasteiger partial charge < -0.3 is 20.1 Å². The van der Waals surface area contributed by atoms with E-state index in [1.54, 1.807) is 32.5 Å². The van der Waals surface area contributed by atoms with Crippen molar-refractivity contribution >= 4 is 17.4 Å². The fraction of sp³-hybridized carbons (Fsp3) is 0.217.